The van der Waals surface area contributed by atoms with Crippen LogP contribution in [0.2, 0.25) is 0 Å². The number of alkyl halides is 3. The van der Waals surface area contributed by atoms with Crippen molar-refractivity contribution in [3.8, 4) is 5.88 Å². The minimum absolute atomic E-state index is 0.0968. The van der Waals surface area contributed by atoms with Gasteiger partial charge in [-0.25, -0.2) is 4.98 Å². The van der Waals surface area contributed by atoms with E-state index in [0.717, 1.165) is 6.42 Å². The van der Waals surface area contributed by atoms with Gasteiger partial charge >= 0.3 is 6.18 Å². The normalized spacial score (nSPS) is 16.3. The Morgan fingerprint density at radius 2 is 1.79 bits per heavy atom. The van der Waals surface area contributed by atoms with Crippen molar-refractivity contribution in [2.75, 3.05) is 23.8 Å². The second-order valence-corrected chi connectivity index (χ2v) is 6.29. The molecule has 2 aromatic rings. The fraction of sp³-hybridized carbons (Fsp3) is 0.316. The molecule has 3 rings (SSSR count). The molecule has 0 aliphatic carbocycles. The van der Waals surface area contributed by atoms with Crippen LogP contribution in [0.1, 0.15) is 23.3 Å². The van der Waals surface area contributed by atoms with E-state index in [9.17, 15) is 22.8 Å². The Bertz CT molecular complexity index is 866. The Morgan fingerprint density at radius 1 is 1.10 bits per heavy atom. The average Bonchev–Trinajstić information content (AvgIpc) is 3.23. The van der Waals surface area contributed by atoms with Crippen LogP contribution in [0, 0.1) is 0 Å². The highest BCUT2D eigenvalue weighted by atomic mass is 19.4. The standard InChI is InChI=1S/C19H18F3N3O4/c20-19(21,22)11-29-16-5-1-3-14(25-16)17(26)23-12-6-8-13(9-7-12)24-18(27)15-4-2-10-28-15/h1,3,5-9,15H,2,4,10-11H2,(H,23,26)(H,24,27)/t15-/m1/s1. The summed E-state index contributed by atoms with van der Waals surface area (Å²) in [4.78, 5) is 28.0. The minimum atomic E-state index is -4.50. The summed E-state index contributed by atoms with van der Waals surface area (Å²) in [5.74, 6) is -1.14. The largest absolute Gasteiger partial charge is 0.468 e. The predicted molar refractivity (Wildman–Crippen MR) is 97.8 cm³/mol. The molecule has 1 atom stereocenters. The van der Waals surface area contributed by atoms with Gasteiger partial charge in [-0.05, 0) is 43.2 Å². The van der Waals surface area contributed by atoms with Gasteiger partial charge in [0.05, 0.1) is 0 Å². The number of carbonyl (C=O) groups excluding carboxylic acids is 2. The van der Waals surface area contributed by atoms with E-state index in [0.29, 0.717) is 24.4 Å². The lowest BCUT2D eigenvalue weighted by Crippen LogP contribution is -2.26. The Balaban J connectivity index is 1.57. The Kier molecular flexibility index (Phi) is 6.32. The number of pyridine rings is 1. The van der Waals surface area contributed by atoms with Gasteiger partial charge in [-0.1, -0.05) is 6.07 Å². The van der Waals surface area contributed by atoms with Crippen molar-refractivity contribution in [2.24, 2.45) is 0 Å². The number of ether oxygens (including phenoxy) is 2. The second-order valence-electron chi connectivity index (χ2n) is 6.29. The maximum Gasteiger partial charge on any atom is 0.422 e. The van der Waals surface area contributed by atoms with Crippen LogP contribution < -0.4 is 15.4 Å². The summed E-state index contributed by atoms with van der Waals surface area (Å²) in [6.07, 6.45) is -3.42. The molecule has 1 aliphatic heterocycles. The number of nitrogens with one attached hydrogen (secondary N) is 2. The molecular formula is C19H18F3N3O4. The zero-order chi connectivity index (χ0) is 20.9. The van der Waals surface area contributed by atoms with Crippen LogP contribution in [0.15, 0.2) is 42.5 Å². The number of carbonyl (C=O) groups is 2. The number of amides is 2. The number of nitrogens with zero attached hydrogens (tertiary/aromatic N) is 1. The lowest BCUT2D eigenvalue weighted by molar-refractivity contribution is -0.154. The van der Waals surface area contributed by atoms with Gasteiger partial charge in [0.15, 0.2) is 6.61 Å². The first-order chi connectivity index (χ1) is 13.8. The number of aromatic nitrogens is 1. The molecule has 0 unspecified atom stereocenters. The maximum absolute atomic E-state index is 12.3. The quantitative estimate of drug-likeness (QED) is 0.764. The van der Waals surface area contributed by atoms with Crippen LogP contribution in [0.4, 0.5) is 24.5 Å². The van der Waals surface area contributed by atoms with Gasteiger partial charge in [0.25, 0.3) is 11.8 Å². The summed E-state index contributed by atoms with van der Waals surface area (Å²) in [6.45, 7) is -0.927. The fourth-order valence-corrected chi connectivity index (χ4v) is 2.62. The van der Waals surface area contributed by atoms with Crippen molar-refractivity contribution in [1.82, 2.24) is 4.98 Å². The van der Waals surface area contributed by atoms with Crippen LogP contribution in [-0.2, 0) is 9.53 Å². The highest BCUT2D eigenvalue weighted by Crippen LogP contribution is 2.19. The summed E-state index contributed by atoms with van der Waals surface area (Å²) < 4.78 is 46.5. The van der Waals surface area contributed by atoms with Crippen LogP contribution >= 0.6 is 0 Å². The zero-order valence-corrected chi connectivity index (χ0v) is 15.2. The number of hydrogen-bond acceptors (Lipinski definition) is 5. The van der Waals surface area contributed by atoms with Crippen LogP contribution in [-0.4, -0.2) is 42.3 Å². The van der Waals surface area contributed by atoms with Crippen molar-refractivity contribution in [2.45, 2.75) is 25.1 Å². The average molecular weight is 409 g/mol. The van der Waals surface area contributed by atoms with E-state index in [-0.39, 0.29) is 17.5 Å². The van der Waals surface area contributed by atoms with Gasteiger partial charge in [0.2, 0.25) is 5.88 Å². The summed E-state index contributed by atoms with van der Waals surface area (Å²) in [7, 11) is 0. The van der Waals surface area contributed by atoms with Gasteiger partial charge in [-0.15, -0.1) is 0 Å². The second kappa shape index (κ2) is 8.91. The molecular weight excluding hydrogens is 391 g/mol. The molecule has 0 radical (unpaired) electrons. The molecule has 1 fully saturated rings. The number of hydrogen-bond donors (Lipinski definition) is 2. The summed E-state index contributed by atoms with van der Waals surface area (Å²) in [6, 6.07) is 10.3. The molecule has 1 saturated heterocycles. The lowest BCUT2D eigenvalue weighted by atomic mass is 10.2. The van der Waals surface area contributed by atoms with Crippen molar-refractivity contribution in [1.29, 1.82) is 0 Å². The molecule has 29 heavy (non-hydrogen) atoms. The smallest absolute Gasteiger partial charge is 0.422 e. The van der Waals surface area contributed by atoms with E-state index in [1.165, 1.54) is 18.2 Å². The molecule has 0 spiro atoms. The SMILES string of the molecule is O=C(Nc1ccc(NC(=O)[C@H]2CCCO2)cc1)c1cccc(OCC(F)(F)F)n1. The molecule has 0 bridgehead atoms. The molecule has 1 aromatic carbocycles. The Morgan fingerprint density at radius 3 is 2.41 bits per heavy atom. The zero-order valence-electron chi connectivity index (χ0n) is 15.2. The number of rotatable bonds is 6. The van der Waals surface area contributed by atoms with Crippen molar-refractivity contribution >= 4 is 23.2 Å². The van der Waals surface area contributed by atoms with Gasteiger partial charge in [-0.2, -0.15) is 13.2 Å². The van der Waals surface area contributed by atoms with Crippen molar-refractivity contribution < 1.29 is 32.2 Å². The first kappa shape index (κ1) is 20.6. The molecule has 2 amide bonds. The summed E-state index contributed by atoms with van der Waals surface area (Å²) >= 11 is 0. The first-order valence-electron chi connectivity index (χ1n) is 8.81. The van der Waals surface area contributed by atoms with E-state index >= 15 is 0 Å². The van der Waals surface area contributed by atoms with Crippen molar-refractivity contribution in [3.63, 3.8) is 0 Å². The summed E-state index contributed by atoms with van der Waals surface area (Å²) in [5, 5.41) is 5.31. The van der Waals surface area contributed by atoms with Gasteiger partial charge in [-0.3, -0.25) is 9.59 Å². The Labute approximate surface area is 164 Å². The first-order valence-corrected chi connectivity index (χ1v) is 8.81. The minimum Gasteiger partial charge on any atom is -0.468 e. The molecule has 7 nitrogen and oxygen atoms in total. The van der Waals surface area contributed by atoms with Gasteiger partial charge in [0.1, 0.15) is 11.8 Å². The van der Waals surface area contributed by atoms with Crippen LogP contribution in [0.25, 0.3) is 0 Å². The third-order valence-corrected chi connectivity index (χ3v) is 3.97. The molecule has 1 aromatic heterocycles. The molecule has 1 aliphatic rings. The molecule has 0 saturated carbocycles. The summed E-state index contributed by atoms with van der Waals surface area (Å²) in [5.41, 5.74) is 0.873. The van der Waals surface area contributed by atoms with E-state index in [4.69, 9.17) is 4.74 Å². The highest BCUT2D eigenvalue weighted by molar-refractivity contribution is 6.03. The molecule has 154 valence electrons. The van der Waals surface area contributed by atoms with E-state index in [1.807, 2.05) is 0 Å². The topological polar surface area (TPSA) is 89.6 Å². The number of halogens is 3. The lowest BCUT2D eigenvalue weighted by Gasteiger charge is -2.11. The molecule has 10 heteroatoms. The number of anilines is 2. The fourth-order valence-electron chi connectivity index (χ4n) is 2.62. The van der Waals surface area contributed by atoms with Gasteiger partial charge in [0, 0.05) is 24.0 Å². The van der Waals surface area contributed by atoms with Crippen LogP contribution in [0.5, 0.6) is 5.88 Å². The maximum atomic E-state index is 12.3. The van der Waals surface area contributed by atoms with E-state index in [2.05, 4.69) is 20.4 Å². The van der Waals surface area contributed by atoms with E-state index in [1.54, 1.807) is 24.3 Å². The van der Waals surface area contributed by atoms with Crippen molar-refractivity contribution in [3.05, 3.63) is 48.2 Å². The molecule has 2 heterocycles. The highest BCUT2D eigenvalue weighted by Gasteiger charge is 2.28. The monoisotopic (exact) mass is 409 g/mol. The third kappa shape index (κ3) is 6.18. The third-order valence-electron chi connectivity index (χ3n) is 3.97. The molecule has 2 N–H and O–H groups in total. The predicted octanol–water partition coefficient (Wildman–Crippen LogP) is 3.39. The number of benzene rings is 1. The van der Waals surface area contributed by atoms with Crippen LogP contribution in [0.3, 0.4) is 0 Å². The Hall–Kier alpha value is -3.14. The van der Waals surface area contributed by atoms with Gasteiger partial charge < -0.3 is 20.1 Å². The van der Waals surface area contributed by atoms with E-state index < -0.39 is 24.8 Å².